The van der Waals surface area contributed by atoms with Crippen molar-refractivity contribution in [3.63, 3.8) is 0 Å². The molecule has 1 saturated carbocycles. The number of fused-ring (bicyclic) bond motifs is 2. The van der Waals surface area contributed by atoms with Gasteiger partial charge in [0, 0.05) is 26.2 Å². The summed E-state index contributed by atoms with van der Waals surface area (Å²) in [5, 5.41) is 3.42. The third-order valence-corrected chi connectivity index (χ3v) is 6.25. The van der Waals surface area contributed by atoms with Gasteiger partial charge in [0.25, 0.3) is 0 Å². The van der Waals surface area contributed by atoms with Crippen LogP contribution in [0.2, 0.25) is 0 Å². The van der Waals surface area contributed by atoms with Crippen molar-refractivity contribution in [2.45, 2.75) is 58.5 Å². The van der Waals surface area contributed by atoms with Gasteiger partial charge >= 0.3 is 5.97 Å². The summed E-state index contributed by atoms with van der Waals surface area (Å²) < 4.78 is 10.8. The SMILES string of the molecule is COCCCNC[C@@H]1C(=O)O[C@@H]2C[C@]3(C)CCCC(C)=C3C[C@H]12. The standard InChI is InChI=1S/C19H31NO3/c1-13-6-4-7-19(2)11-17-14(10-16(13)19)15(18(21)23-17)12-20-8-5-9-22-3/h14-15,17,20H,4-12H2,1-3H3/t14-,15+,17-,19+/m1/s1. The van der Waals surface area contributed by atoms with Crippen LogP contribution in [-0.2, 0) is 14.3 Å². The highest BCUT2D eigenvalue weighted by molar-refractivity contribution is 5.76. The molecule has 0 aromatic carbocycles. The Kier molecular flexibility index (Phi) is 5.12. The van der Waals surface area contributed by atoms with E-state index in [0.717, 1.165) is 39.0 Å². The molecule has 0 spiro atoms. The number of hydrogen-bond acceptors (Lipinski definition) is 4. The molecule has 0 radical (unpaired) electrons. The first-order valence-electron chi connectivity index (χ1n) is 9.14. The Morgan fingerprint density at radius 1 is 1.43 bits per heavy atom. The van der Waals surface area contributed by atoms with Gasteiger partial charge in [0.1, 0.15) is 6.10 Å². The van der Waals surface area contributed by atoms with Crippen LogP contribution in [0.3, 0.4) is 0 Å². The fourth-order valence-electron chi connectivity index (χ4n) is 4.94. The van der Waals surface area contributed by atoms with E-state index in [1.165, 1.54) is 19.3 Å². The Bertz CT molecular complexity index is 487. The lowest BCUT2D eigenvalue weighted by atomic mass is 9.59. The van der Waals surface area contributed by atoms with E-state index in [1.807, 2.05) is 0 Å². The van der Waals surface area contributed by atoms with Gasteiger partial charge in [-0.1, -0.05) is 18.1 Å². The predicted molar refractivity (Wildman–Crippen MR) is 90.1 cm³/mol. The second-order valence-electron chi connectivity index (χ2n) is 7.88. The van der Waals surface area contributed by atoms with E-state index >= 15 is 0 Å². The van der Waals surface area contributed by atoms with Crippen LogP contribution < -0.4 is 5.32 Å². The Balaban J connectivity index is 1.65. The van der Waals surface area contributed by atoms with E-state index in [2.05, 4.69) is 19.2 Å². The van der Waals surface area contributed by atoms with Crippen molar-refractivity contribution < 1.29 is 14.3 Å². The second kappa shape index (κ2) is 6.94. The molecule has 0 aromatic heterocycles. The molecule has 130 valence electrons. The molecule has 1 heterocycles. The molecule has 23 heavy (non-hydrogen) atoms. The number of methoxy groups -OCH3 is 1. The molecule has 4 atom stereocenters. The third-order valence-electron chi connectivity index (χ3n) is 6.25. The van der Waals surface area contributed by atoms with Gasteiger partial charge in [-0.2, -0.15) is 0 Å². The van der Waals surface area contributed by atoms with Gasteiger partial charge in [-0.3, -0.25) is 4.79 Å². The summed E-state index contributed by atoms with van der Waals surface area (Å²) in [5.41, 5.74) is 3.47. The Labute approximate surface area is 140 Å². The maximum atomic E-state index is 12.3. The molecule has 0 unspecified atom stereocenters. The minimum absolute atomic E-state index is 0.0136. The summed E-state index contributed by atoms with van der Waals surface area (Å²) in [6.45, 7) is 7.08. The quantitative estimate of drug-likeness (QED) is 0.464. The molecule has 4 nitrogen and oxygen atoms in total. The molecule has 2 fully saturated rings. The first-order valence-corrected chi connectivity index (χ1v) is 9.14. The average Bonchev–Trinajstić information content (AvgIpc) is 2.79. The molecule has 1 N–H and O–H groups in total. The van der Waals surface area contributed by atoms with Gasteiger partial charge < -0.3 is 14.8 Å². The van der Waals surface area contributed by atoms with Gasteiger partial charge in [-0.05, 0) is 57.4 Å². The van der Waals surface area contributed by atoms with Crippen LogP contribution in [0.15, 0.2) is 11.1 Å². The van der Waals surface area contributed by atoms with Crippen molar-refractivity contribution in [3.05, 3.63) is 11.1 Å². The molecule has 0 amide bonds. The van der Waals surface area contributed by atoms with Gasteiger partial charge in [0.15, 0.2) is 0 Å². The summed E-state index contributed by atoms with van der Waals surface area (Å²) in [4.78, 5) is 12.3. The predicted octanol–water partition coefficient (Wildman–Crippen LogP) is 3.07. The Morgan fingerprint density at radius 2 is 2.26 bits per heavy atom. The number of carbonyl (C=O) groups excluding carboxylic acids is 1. The number of ether oxygens (including phenoxy) is 2. The van der Waals surface area contributed by atoms with E-state index in [4.69, 9.17) is 9.47 Å². The zero-order valence-corrected chi connectivity index (χ0v) is 14.8. The highest BCUT2D eigenvalue weighted by Gasteiger charge is 2.52. The maximum absolute atomic E-state index is 12.3. The molecule has 3 aliphatic rings. The number of nitrogens with one attached hydrogen (secondary N) is 1. The van der Waals surface area contributed by atoms with Gasteiger partial charge in [0.05, 0.1) is 5.92 Å². The normalized spacial score (nSPS) is 36.7. The first kappa shape index (κ1) is 17.0. The summed E-state index contributed by atoms with van der Waals surface area (Å²) in [7, 11) is 1.72. The number of esters is 1. The van der Waals surface area contributed by atoms with Gasteiger partial charge in [-0.25, -0.2) is 0 Å². The van der Waals surface area contributed by atoms with Crippen molar-refractivity contribution in [3.8, 4) is 0 Å². The van der Waals surface area contributed by atoms with E-state index in [1.54, 1.807) is 18.3 Å². The van der Waals surface area contributed by atoms with Crippen molar-refractivity contribution in [2.75, 3.05) is 26.8 Å². The number of hydrogen-bond donors (Lipinski definition) is 1. The van der Waals surface area contributed by atoms with Crippen LogP contribution >= 0.6 is 0 Å². The zero-order chi connectivity index (χ0) is 16.4. The largest absolute Gasteiger partial charge is 0.462 e. The van der Waals surface area contributed by atoms with Crippen LogP contribution in [0.4, 0.5) is 0 Å². The maximum Gasteiger partial charge on any atom is 0.310 e. The van der Waals surface area contributed by atoms with Crippen LogP contribution in [-0.4, -0.2) is 38.9 Å². The number of rotatable bonds is 6. The minimum Gasteiger partial charge on any atom is -0.462 e. The third kappa shape index (κ3) is 3.34. The lowest BCUT2D eigenvalue weighted by molar-refractivity contribution is -0.145. The molecule has 0 bridgehead atoms. The highest BCUT2D eigenvalue weighted by atomic mass is 16.6. The van der Waals surface area contributed by atoms with Gasteiger partial charge in [-0.15, -0.1) is 0 Å². The molecule has 1 aliphatic heterocycles. The molecule has 4 heteroatoms. The molecule has 2 aliphatic carbocycles. The van der Waals surface area contributed by atoms with E-state index < -0.39 is 0 Å². The van der Waals surface area contributed by atoms with Crippen molar-refractivity contribution in [1.29, 1.82) is 0 Å². The molecule has 3 rings (SSSR count). The monoisotopic (exact) mass is 321 g/mol. The van der Waals surface area contributed by atoms with Crippen molar-refractivity contribution in [1.82, 2.24) is 5.32 Å². The average molecular weight is 321 g/mol. The lowest BCUT2D eigenvalue weighted by Gasteiger charge is -2.45. The molecular weight excluding hydrogens is 290 g/mol. The number of allylic oxidation sites excluding steroid dienone is 2. The molecule has 1 saturated heterocycles. The highest BCUT2D eigenvalue weighted by Crippen LogP contribution is 2.54. The summed E-state index contributed by atoms with van der Waals surface area (Å²) in [6.07, 6.45) is 6.96. The van der Waals surface area contributed by atoms with Gasteiger partial charge in [0.2, 0.25) is 0 Å². The van der Waals surface area contributed by atoms with Crippen LogP contribution in [0, 0.1) is 17.3 Å². The smallest absolute Gasteiger partial charge is 0.310 e. The summed E-state index contributed by atoms with van der Waals surface area (Å²) >= 11 is 0. The van der Waals surface area contributed by atoms with E-state index in [0.29, 0.717) is 5.92 Å². The fourth-order valence-corrected chi connectivity index (χ4v) is 4.94. The topological polar surface area (TPSA) is 47.6 Å². The number of carbonyl (C=O) groups is 1. The van der Waals surface area contributed by atoms with Crippen molar-refractivity contribution in [2.24, 2.45) is 17.3 Å². The summed E-state index contributed by atoms with van der Waals surface area (Å²) in [6, 6.07) is 0. The van der Waals surface area contributed by atoms with E-state index in [9.17, 15) is 4.79 Å². The van der Waals surface area contributed by atoms with E-state index in [-0.39, 0.29) is 23.4 Å². The second-order valence-corrected chi connectivity index (χ2v) is 7.88. The Hall–Kier alpha value is -0.870. The minimum atomic E-state index is 0.0136. The van der Waals surface area contributed by atoms with Crippen LogP contribution in [0.25, 0.3) is 0 Å². The lowest BCUT2D eigenvalue weighted by Crippen LogP contribution is -2.40. The van der Waals surface area contributed by atoms with Crippen molar-refractivity contribution >= 4 is 5.97 Å². The molecular formula is C19H31NO3. The fraction of sp³-hybridized carbons (Fsp3) is 0.842. The van der Waals surface area contributed by atoms with Crippen LogP contribution in [0.1, 0.15) is 52.4 Å². The van der Waals surface area contributed by atoms with Crippen LogP contribution in [0.5, 0.6) is 0 Å². The Morgan fingerprint density at radius 3 is 3.04 bits per heavy atom. The zero-order valence-electron chi connectivity index (χ0n) is 14.8. The summed E-state index contributed by atoms with van der Waals surface area (Å²) in [5.74, 6) is 0.405. The molecule has 0 aromatic rings. The first-order chi connectivity index (χ1) is 11.0.